The number of imidazole rings is 1. The smallest absolute Gasteiger partial charge is 0.224 e. The third-order valence-electron chi connectivity index (χ3n) is 3.89. The Morgan fingerprint density at radius 2 is 2.16 bits per heavy atom. The Morgan fingerprint density at radius 3 is 2.79 bits per heavy atom. The van der Waals surface area contributed by atoms with E-state index in [1.54, 1.807) is 10.9 Å². The number of fused-ring (bicyclic) bond motifs is 1. The average molecular weight is 264 g/mol. The Bertz CT molecular complexity index is 627. The highest BCUT2D eigenvalue weighted by Crippen LogP contribution is 2.53. The van der Waals surface area contributed by atoms with E-state index in [1.807, 2.05) is 0 Å². The minimum atomic E-state index is -0.295. The highest BCUT2D eigenvalue weighted by atomic mass is 16.3. The van der Waals surface area contributed by atoms with Gasteiger partial charge in [0.1, 0.15) is 5.52 Å². The van der Waals surface area contributed by atoms with Gasteiger partial charge in [0.15, 0.2) is 11.5 Å². The van der Waals surface area contributed by atoms with Gasteiger partial charge in [0.2, 0.25) is 5.95 Å². The standard InChI is InChI=1S/C11H16N6O2/c12-8-7-9(16-10(13)15-8)17(5-14-7)3-11(4-19)1-6(11)2-18/h5-6,18-19H,1-4H2,(H4,12,13,15,16). The molecule has 2 aromatic heterocycles. The predicted molar refractivity (Wildman–Crippen MR) is 68.9 cm³/mol. The molecule has 8 nitrogen and oxygen atoms in total. The van der Waals surface area contributed by atoms with Crippen LogP contribution < -0.4 is 11.5 Å². The van der Waals surface area contributed by atoms with Crippen molar-refractivity contribution in [2.24, 2.45) is 11.3 Å². The van der Waals surface area contributed by atoms with E-state index in [4.69, 9.17) is 11.5 Å². The molecule has 2 atom stereocenters. The lowest BCUT2D eigenvalue weighted by atomic mass is 10.1. The molecular formula is C11H16N6O2. The maximum absolute atomic E-state index is 9.51. The van der Waals surface area contributed by atoms with Crippen molar-refractivity contribution < 1.29 is 10.2 Å². The summed E-state index contributed by atoms with van der Waals surface area (Å²) in [4.78, 5) is 12.2. The lowest BCUT2D eigenvalue weighted by Gasteiger charge is -2.14. The number of nitrogens with two attached hydrogens (primary N) is 2. The summed E-state index contributed by atoms with van der Waals surface area (Å²) in [6, 6.07) is 0. The van der Waals surface area contributed by atoms with Crippen LogP contribution in [0.5, 0.6) is 0 Å². The number of nitrogen functional groups attached to an aromatic ring is 2. The first-order valence-electron chi connectivity index (χ1n) is 6.05. The zero-order valence-electron chi connectivity index (χ0n) is 10.3. The molecule has 8 heteroatoms. The highest BCUT2D eigenvalue weighted by molar-refractivity contribution is 5.82. The van der Waals surface area contributed by atoms with Crippen LogP contribution in [0.2, 0.25) is 0 Å². The quantitative estimate of drug-likeness (QED) is 0.555. The fourth-order valence-corrected chi connectivity index (χ4v) is 2.57. The molecule has 19 heavy (non-hydrogen) atoms. The molecule has 1 aliphatic rings. The normalized spacial score (nSPS) is 25.9. The molecule has 0 aliphatic heterocycles. The van der Waals surface area contributed by atoms with Crippen LogP contribution in [0.15, 0.2) is 6.33 Å². The Balaban J connectivity index is 1.98. The maximum atomic E-state index is 9.51. The summed E-state index contributed by atoms with van der Waals surface area (Å²) in [6.45, 7) is 0.627. The van der Waals surface area contributed by atoms with E-state index in [1.165, 1.54) is 0 Å². The van der Waals surface area contributed by atoms with Crippen LogP contribution in [0.1, 0.15) is 6.42 Å². The van der Waals surface area contributed by atoms with Gasteiger partial charge in [-0.15, -0.1) is 0 Å². The van der Waals surface area contributed by atoms with Crippen LogP contribution in [0.25, 0.3) is 11.2 Å². The molecule has 6 N–H and O–H groups in total. The van der Waals surface area contributed by atoms with Crippen LogP contribution in [-0.4, -0.2) is 42.9 Å². The van der Waals surface area contributed by atoms with E-state index in [9.17, 15) is 10.2 Å². The number of aliphatic hydroxyl groups excluding tert-OH is 2. The van der Waals surface area contributed by atoms with Gasteiger partial charge in [-0.3, -0.25) is 0 Å². The van der Waals surface area contributed by atoms with Crippen LogP contribution >= 0.6 is 0 Å². The van der Waals surface area contributed by atoms with Gasteiger partial charge in [0.25, 0.3) is 0 Å². The molecule has 0 amide bonds. The van der Waals surface area contributed by atoms with Gasteiger partial charge >= 0.3 is 0 Å². The summed E-state index contributed by atoms with van der Waals surface area (Å²) in [5.74, 6) is 0.458. The van der Waals surface area contributed by atoms with Crippen molar-refractivity contribution in [2.45, 2.75) is 13.0 Å². The Hall–Kier alpha value is -1.93. The van der Waals surface area contributed by atoms with Gasteiger partial charge in [0, 0.05) is 18.6 Å². The van der Waals surface area contributed by atoms with Gasteiger partial charge in [-0.05, 0) is 12.3 Å². The largest absolute Gasteiger partial charge is 0.396 e. The Kier molecular flexibility index (Phi) is 2.58. The molecule has 3 rings (SSSR count). The molecule has 0 saturated heterocycles. The summed E-state index contributed by atoms with van der Waals surface area (Å²) in [5.41, 5.74) is 12.1. The van der Waals surface area contributed by atoms with Crippen molar-refractivity contribution in [3.8, 4) is 0 Å². The highest BCUT2D eigenvalue weighted by Gasteiger charge is 2.53. The number of hydrogen-bond donors (Lipinski definition) is 4. The fourth-order valence-electron chi connectivity index (χ4n) is 2.57. The Morgan fingerprint density at radius 1 is 1.37 bits per heavy atom. The number of anilines is 2. The zero-order valence-corrected chi connectivity index (χ0v) is 10.3. The molecular weight excluding hydrogens is 248 g/mol. The van der Waals surface area contributed by atoms with Crippen molar-refractivity contribution >= 4 is 22.9 Å². The molecule has 1 fully saturated rings. The number of hydrogen-bond acceptors (Lipinski definition) is 7. The topological polar surface area (TPSA) is 136 Å². The number of aromatic nitrogens is 4. The predicted octanol–water partition coefficient (Wildman–Crippen LogP) is -1.02. The van der Waals surface area contributed by atoms with Gasteiger partial charge in [-0.25, -0.2) is 4.98 Å². The summed E-state index contributed by atoms with van der Waals surface area (Å²) in [5, 5.41) is 18.7. The second-order valence-corrected chi connectivity index (χ2v) is 5.12. The van der Waals surface area contributed by atoms with Gasteiger partial charge in [-0.2, -0.15) is 9.97 Å². The molecule has 0 radical (unpaired) electrons. The molecule has 1 aliphatic carbocycles. The van der Waals surface area contributed by atoms with Gasteiger partial charge < -0.3 is 26.2 Å². The second kappa shape index (κ2) is 4.04. The summed E-state index contributed by atoms with van der Waals surface area (Å²) >= 11 is 0. The summed E-state index contributed by atoms with van der Waals surface area (Å²) in [7, 11) is 0. The lowest BCUT2D eigenvalue weighted by molar-refractivity contribution is 0.159. The molecule has 2 heterocycles. The molecule has 1 saturated carbocycles. The minimum absolute atomic E-state index is 0.0218. The van der Waals surface area contributed by atoms with E-state index in [2.05, 4.69) is 15.0 Å². The van der Waals surface area contributed by atoms with Crippen LogP contribution in [0.4, 0.5) is 11.8 Å². The molecule has 0 bridgehead atoms. The molecule has 0 aromatic carbocycles. The minimum Gasteiger partial charge on any atom is -0.396 e. The molecule has 2 unspecified atom stereocenters. The van der Waals surface area contributed by atoms with Crippen LogP contribution in [0.3, 0.4) is 0 Å². The number of rotatable bonds is 4. The number of nitrogens with zero attached hydrogens (tertiary/aromatic N) is 4. The van der Waals surface area contributed by atoms with Crippen molar-refractivity contribution in [3.63, 3.8) is 0 Å². The first-order chi connectivity index (χ1) is 9.09. The van der Waals surface area contributed by atoms with E-state index < -0.39 is 0 Å². The van der Waals surface area contributed by atoms with Crippen molar-refractivity contribution in [3.05, 3.63) is 6.33 Å². The van der Waals surface area contributed by atoms with Gasteiger partial charge in [0.05, 0.1) is 12.9 Å². The van der Waals surface area contributed by atoms with Crippen molar-refractivity contribution in [1.29, 1.82) is 0 Å². The SMILES string of the molecule is Nc1nc(N)c2ncn(CC3(CO)CC3CO)c2n1. The number of aliphatic hydroxyl groups is 2. The fraction of sp³-hybridized carbons (Fsp3) is 0.545. The van der Waals surface area contributed by atoms with E-state index >= 15 is 0 Å². The summed E-state index contributed by atoms with van der Waals surface area (Å²) in [6.07, 6.45) is 2.40. The summed E-state index contributed by atoms with van der Waals surface area (Å²) < 4.78 is 1.80. The second-order valence-electron chi connectivity index (χ2n) is 5.12. The van der Waals surface area contributed by atoms with E-state index in [0.29, 0.717) is 17.7 Å². The first kappa shape index (κ1) is 12.1. The maximum Gasteiger partial charge on any atom is 0.224 e. The van der Waals surface area contributed by atoms with Crippen LogP contribution in [0, 0.1) is 11.3 Å². The lowest BCUT2D eigenvalue weighted by Crippen LogP contribution is -2.19. The van der Waals surface area contributed by atoms with Gasteiger partial charge in [-0.1, -0.05) is 0 Å². The third-order valence-corrected chi connectivity index (χ3v) is 3.89. The van der Waals surface area contributed by atoms with E-state index in [0.717, 1.165) is 6.42 Å². The third kappa shape index (κ3) is 1.80. The average Bonchev–Trinajstić information content (AvgIpc) is 2.95. The zero-order chi connectivity index (χ0) is 13.6. The van der Waals surface area contributed by atoms with E-state index in [-0.39, 0.29) is 36.3 Å². The Labute approximate surface area is 109 Å². The molecule has 0 spiro atoms. The van der Waals surface area contributed by atoms with Crippen LogP contribution in [-0.2, 0) is 6.54 Å². The molecule has 2 aromatic rings. The van der Waals surface area contributed by atoms with Crippen molar-refractivity contribution in [2.75, 3.05) is 24.7 Å². The first-order valence-corrected chi connectivity index (χ1v) is 6.05. The molecule has 102 valence electrons. The monoisotopic (exact) mass is 264 g/mol. The van der Waals surface area contributed by atoms with Crippen molar-refractivity contribution in [1.82, 2.24) is 19.5 Å².